The van der Waals surface area contributed by atoms with E-state index in [0.29, 0.717) is 6.42 Å². The third-order valence-electron chi connectivity index (χ3n) is 2.95. The average molecular weight is 355 g/mol. The van der Waals surface area contributed by atoms with E-state index in [1.165, 1.54) is 0 Å². The van der Waals surface area contributed by atoms with Crippen molar-refractivity contribution in [2.75, 3.05) is 6.61 Å². The van der Waals surface area contributed by atoms with Crippen LogP contribution in [0.1, 0.15) is 32.3 Å². The van der Waals surface area contributed by atoms with Crippen LogP contribution in [0.5, 0.6) is 0 Å². The molecule has 0 aromatic heterocycles. The molecular formula is C16H19BrO4. The fourth-order valence-electron chi connectivity index (χ4n) is 1.96. The molecular weight excluding hydrogens is 336 g/mol. The number of Topliss-reactive ketones (excluding diaryl/α,β-unsaturated/α-hetero) is 2. The molecule has 0 aliphatic rings. The maximum absolute atomic E-state index is 12.3. The zero-order valence-electron chi connectivity index (χ0n) is 12.2. The van der Waals surface area contributed by atoms with Gasteiger partial charge in [-0.15, -0.1) is 0 Å². The summed E-state index contributed by atoms with van der Waals surface area (Å²) in [7, 11) is 0. The van der Waals surface area contributed by atoms with E-state index in [1.807, 2.05) is 19.1 Å². The van der Waals surface area contributed by atoms with Gasteiger partial charge in [0.2, 0.25) is 0 Å². The molecule has 1 aromatic carbocycles. The van der Waals surface area contributed by atoms with E-state index in [9.17, 15) is 14.4 Å². The molecule has 0 bridgehead atoms. The minimum Gasteiger partial charge on any atom is -0.465 e. The Hall–Kier alpha value is -1.49. The van der Waals surface area contributed by atoms with Crippen molar-refractivity contribution in [2.24, 2.45) is 5.92 Å². The summed E-state index contributed by atoms with van der Waals surface area (Å²) < 4.78 is 5.77. The van der Waals surface area contributed by atoms with Crippen LogP contribution in [0.3, 0.4) is 0 Å². The molecule has 0 amide bonds. The Kier molecular flexibility index (Phi) is 7.29. The lowest BCUT2D eigenvalue weighted by Crippen LogP contribution is -2.34. The third-order valence-corrected chi connectivity index (χ3v) is 3.48. The summed E-state index contributed by atoms with van der Waals surface area (Å²) in [6, 6.07) is 7.20. The van der Waals surface area contributed by atoms with Crippen molar-refractivity contribution in [1.82, 2.24) is 0 Å². The molecule has 0 heterocycles. The molecule has 0 radical (unpaired) electrons. The topological polar surface area (TPSA) is 60.4 Å². The number of carbonyl (C=O) groups excluding carboxylic acids is 3. The molecule has 1 aromatic rings. The van der Waals surface area contributed by atoms with E-state index >= 15 is 0 Å². The summed E-state index contributed by atoms with van der Waals surface area (Å²) in [4.78, 5) is 36.2. The van der Waals surface area contributed by atoms with Crippen LogP contribution in [0, 0.1) is 5.92 Å². The number of ether oxygens (including phenoxy) is 1. The van der Waals surface area contributed by atoms with Crippen LogP contribution in [0.2, 0.25) is 0 Å². The molecule has 0 aliphatic carbocycles. The van der Waals surface area contributed by atoms with Gasteiger partial charge in [0.15, 0.2) is 17.5 Å². The minimum absolute atomic E-state index is 0.0478. The summed E-state index contributed by atoms with van der Waals surface area (Å²) in [5.74, 6) is -2.81. The largest absolute Gasteiger partial charge is 0.465 e. The quantitative estimate of drug-likeness (QED) is 0.531. The first kappa shape index (κ1) is 17.6. The number of rotatable bonds is 8. The molecule has 0 aliphatic heterocycles. The van der Waals surface area contributed by atoms with Crippen LogP contribution in [-0.4, -0.2) is 24.1 Å². The van der Waals surface area contributed by atoms with Gasteiger partial charge >= 0.3 is 5.97 Å². The highest BCUT2D eigenvalue weighted by atomic mass is 79.9. The summed E-state index contributed by atoms with van der Waals surface area (Å²) in [6.45, 7) is 3.64. The van der Waals surface area contributed by atoms with E-state index in [2.05, 4.69) is 15.9 Å². The molecule has 21 heavy (non-hydrogen) atoms. The molecule has 0 fully saturated rings. The Balaban J connectivity index is 2.86. The molecule has 1 unspecified atom stereocenters. The zero-order chi connectivity index (χ0) is 15.8. The van der Waals surface area contributed by atoms with Crippen molar-refractivity contribution in [1.29, 1.82) is 0 Å². The van der Waals surface area contributed by atoms with Gasteiger partial charge in [-0.25, -0.2) is 0 Å². The van der Waals surface area contributed by atoms with Crippen LogP contribution in [-0.2, 0) is 25.5 Å². The highest BCUT2D eigenvalue weighted by Crippen LogP contribution is 2.15. The Morgan fingerprint density at radius 1 is 1.10 bits per heavy atom. The van der Waals surface area contributed by atoms with E-state index in [0.717, 1.165) is 10.0 Å². The van der Waals surface area contributed by atoms with E-state index < -0.39 is 17.7 Å². The molecule has 1 atom stereocenters. The van der Waals surface area contributed by atoms with Gasteiger partial charge in [-0.2, -0.15) is 0 Å². The summed E-state index contributed by atoms with van der Waals surface area (Å²) in [6.07, 6.45) is 0.849. The van der Waals surface area contributed by atoms with Crippen LogP contribution < -0.4 is 0 Å². The normalized spacial score (nSPS) is 11.8. The Morgan fingerprint density at radius 2 is 1.71 bits per heavy atom. The van der Waals surface area contributed by atoms with Crippen LogP contribution in [0.25, 0.3) is 0 Å². The number of hydrogen-bond acceptors (Lipinski definition) is 4. The molecule has 0 saturated heterocycles. The highest BCUT2D eigenvalue weighted by Gasteiger charge is 2.33. The fourth-order valence-corrected chi connectivity index (χ4v) is 2.23. The first-order valence-corrected chi connectivity index (χ1v) is 7.75. The molecule has 114 valence electrons. The van der Waals surface area contributed by atoms with E-state index in [-0.39, 0.29) is 25.2 Å². The smallest absolute Gasteiger partial charge is 0.324 e. The number of benzene rings is 1. The first-order valence-electron chi connectivity index (χ1n) is 6.96. The fraction of sp³-hybridized carbons (Fsp3) is 0.438. The number of halogens is 1. The molecule has 1 rings (SSSR count). The molecule has 0 N–H and O–H groups in total. The van der Waals surface area contributed by atoms with E-state index in [1.54, 1.807) is 19.1 Å². The number of ketones is 2. The van der Waals surface area contributed by atoms with Crippen molar-refractivity contribution < 1.29 is 19.1 Å². The van der Waals surface area contributed by atoms with E-state index in [4.69, 9.17) is 4.74 Å². The summed E-state index contributed by atoms with van der Waals surface area (Å²) >= 11 is 3.31. The number of carbonyl (C=O) groups is 3. The second-order valence-electron chi connectivity index (χ2n) is 4.67. The second-order valence-corrected chi connectivity index (χ2v) is 5.59. The van der Waals surface area contributed by atoms with Crippen molar-refractivity contribution in [2.45, 2.75) is 33.1 Å². The lowest BCUT2D eigenvalue weighted by Gasteiger charge is -2.13. The predicted octanol–water partition coefficient (Wildman–Crippen LogP) is 3.11. The van der Waals surface area contributed by atoms with Crippen molar-refractivity contribution in [3.8, 4) is 0 Å². The van der Waals surface area contributed by atoms with Gasteiger partial charge in [-0.1, -0.05) is 35.0 Å². The lowest BCUT2D eigenvalue weighted by molar-refractivity contribution is -0.154. The summed E-state index contributed by atoms with van der Waals surface area (Å²) in [5.41, 5.74) is 0.766. The lowest BCUT2D eigenvalue weighted by atomic mass is 9.92. The van der Waals surface area contributed by atoms with Gasteiger partial charge in [0.1, 0.15) is 0 Å². The third kappa shape index (κ3) is 5.42. The van der Waals surface area contributed by atoms with Gasteiger partial charge in [-0.05, 0) is 31.0 Å². The SMILES string of the molecule is CCCC(=O)C(C(=O)Cc1ccc(Br)cc1)C(=O)OCC. The van der Waals surface area contributed by atoms with Gasteiger partial charge in [0.25, 0.3) is 0 Å². The second kappa shape index (κ2) is 8.72. The van der Waals surface area contributed by atoms with Crippen LogP contribution >= 0.6 is 15.9 Å². The van der Waals surface area contributed by atoms with Gasteiger partial charge in [0.05, 0.1) is 6.61 Å². The Bertz CT molecular complexity index is 490. The molecule has 0 spiro atoms. The monoisotopic (exact) mass is 354 g/mol. The maximum atomic E-state index is 12.3. The molecule has 4 nitrogen and oxygen atoms in total. The van der Waals surface area contributed by atoms with Gasteiger partial charge < -0.3 is 4.74 Å². The predicted molar refractivity (Wildman–Crippen MR) is 82.9 cm³/mol. The number of esters is 1. The minimum atomic E-state index is -1.30. The standard InChI is InChI=1S/C16H19BrO4/c1-3-5-13(18)15(16(20)21-4-2)14(19)10-11-6-8-12(17)9-7-11/h6-9,15H,3-5,10H2,1-2H3. The molecule has 5 heteroatoms. The van der Waals surface area contributed by atoms with Crippen LogP contribution in [0.15, 0.2) is 28.7 Å². The van der Waals surface area contributed by atoms with Crippen molar-refractivity contribution >= 4 is 33.5 Å². The van der Waals surface area contributed by atoms with Crippen molar-refractivity contribution in [3.63, 3.8) is 0 Å². The Morgan fingerprint density at radius 3 is 2.24 bits per heavy atom. The highest BCUT2D eigenvalue weighted by molar-refractivity contribution is 9.10. The number of hydrogen-bond donors (Lipinski definition) is 0. The van der Waals surface area contributed by atoms with Crippen molar-refractivity contribution in [3.05, 3.63) is 34.3 Å². The summed E-state index contributed by atoms with van der Waals surface area (Å²) in [5, 5.41) is 0. The maximum Gasteiger partial charge on any atom is 0.324 e. The zero-order valence-corrected chi connectivity index (χ0v) is 13.8. The van der Waals surface area contributed by atoms with Gasteiger partial charge in [-0.3, -0.25) is 14.4 Å². The Labute approximate surface area is 133 Å². The van der Waals surface area contributed by atoms with Crippen LogP contribution in [0.4, 0.5) is 0 Å². The van der Waals surface area contributed by atoms with Gasteiger partial charge in [0, 0.05) is 17.3 Å². The average Bonchev–Trinajstić information content (AvgIpc) is 2.42. The molecule has 0 saturated carbocycles. The first-order chi connectivity index (χ1) is 9.99.